The van der Waals surface area contributed by atoms with E-state index >= 15 is 0 Å². The van der Waals surface area contributed by atoms with Gasteiger partial charge in [-0.25, -0.2) is 0 Å². The minimum atomic E-state index is 0.499. The first-order valence-electron chi connectivity index (χ1n) is 3.80. The number of benzene rings is 1. The Balaban J connectivity index is 2.91. The van der Waals surface area contributed by atoms with Crippen molar-refractivity contribution < 1.29 is 0 Å². The van der Waals surface area contributed by atoms with Crippen LogP contribution in [-0.2, 0) is 0 Å². The van der Waals surface area contributed by atoms with E-state index in [1.54, 1.807) is 13.0 Å². The van der Waals surface area contributed by atoms with Crippen LogP contribution in [0.1, 0.15) is 12.5 Å². The maximum Gasteiger partial charge on any atom is 0.139 e. The summed E-state index contributed by atoms with van der Waals surface area (Å²) in [5.74, 6) is 0. The van der Waals surface area contributed by atoms with E-state index < -0.39 is 0 Å². The van der Waals surface area contributed by atoms with Crippen LogP contribution in [0, 0.1) is 4.91 Å². The highest BCUT2D eigenvalue weighted by molar-refractivity contribution is 6.32. The van der Waals surface area contributed by atoms with Gasteiger partial charge in [-0.15, -0.1) is 4.91 Å². The Kier molecular flexibility index (Phi) is 2.80. The lowest BCUT2D eigenvalue weighted by Crippen LogP contribution is -1.98. The molecule has 0 bridgehead atoms. The molecule has 0 amide bonds. The van der Waals surface area contributed by atoms with E-state index in [-0.39, 0.29) is 0 Å². The van der Waals surface area contributed by atoms with E-state index in [1.165, 1.54) is 5.46 Å². The normalized spacial score (nSPS) is 11.2. The molecule has 0 aliphatic carbocycles. The summed E-state index contributed by atoms with van der Waals surface area (Å²) < 4.78 is 0. The van der Waals surface area contributed by atoms with Gasteiger partial charge in [0, 0.05) is 0 Å². The zero-order valence-electron chi connectivity index (χ0n) is 7.24. The number of allylic oxidation sites excluding steroid dienone is 1. The lowest BCUT2D eigenvalue weighted by molar-refractivity contribution is 1.31. The van der Waals surface area contributed by atoms with E-state index in [1.807, 2.05) is 32.1 Å². The van der Waals surface area contributed by atoms with E-state index in [9.17, 15) is 4.91 Å². The summed E-state index contributed by atoms with van der Waals surface area (Å²) in [6, 6.07) is 7.93. The maximum absolute atomic E-state index is 10.1. The number of hydrogen-bond donors (Lipinski definition) is 0. The minimum Gasteiger partial charge on any atom is -0.145 e. The van der Waals surface area contributed by atoms with Crippen molar-refractivity contribution in [1.29, 1.82) is 0 Å². The Bertz CT molecular complexity index is 303. The van der Waals surface area contributed by atoms with Crippen LogP contribution >= 0.6 is 0 Å². The van der Waals surface area contributed by atoms with E-state index in [0.29, 0.717) is 5.70 Å². The quantitative estimate of drug-likeness (QED) is 0.468. The Morgan fingerprint density at radius 1 is 1.42 bits per heavy atom. The molecule has 1 aromatic rings. The molecule has 0 aromatic heterocycles. The van der Waals surface area contributed by atoms with Gasteiger partial charge in [0.15, 0.2) is 0 Å². The molecule has 3 heteroatoms. The van der Waals surface area contributed by atoms with Crippen molar-refractivity contribution in [2.24, 2.45) is 5.18 Å². The van der Waals surface area contributed by atoms with Crippen molar-refractivity contribution >= 4 is 19.4 Å². The van der Waals surface area contributed by atoms with Crippen LogP contribution < -0.4 is 5.46 Å². The van der Waals surface area contributed by atoms with Crippen molar-refractivity contribution in [3.05, 3.63) is 40.4 Å². The zero-order valence-corrected chi connectivity index (χ0v) is 7.24. The molecule has 1 aromatic carbocycles. The molecule has 0 heterocycles. The van der Waals surface area contributed by atoms with Crippen LogP contribution in [0.3, 0.4) is 0 Å². The Morgan fingerprint density at radius 3 is 2.50 bits per heavy atom. The highest BCUT2D eigenvalue weighted by Gasteiger charge is 1.89. The van der Waals surface area contributed by atoms with Gasteiger partial charge >= 0.3 is 0 Å². The fourth-order valence-corrected chi connectivity index (χ4v) is 0.930. The van der Waals surface area contributed by atoms with Gasteiger partial charge in [-0.2, -0.15) is 0 Å². The second-order valence-electron chi connectivity index (χ2n) is 2.79. The Morgan fingerprint density at radius 2 is 2.00 bits per heavy atom. The van der Waals surface area contributed by atoms with Gasteiger partial charge < -0.3 is 0 Å². The molecule has 0 fully saturated rings. The van der Waals surface area contributed by atoms with E-state index in [2.05, 4.69) is 5.18 Å². The smallest absolute Gasteiger partial charge is 0.139 e. The number of rotatable bonds is 2. The van der Waals surface area contributed by atoms with Gasteiger partial charge in [-0.3, -0.25) is 0 Å². The molecule has 0 radical (unpaired) electrons. The lowest BCUT2D eigenvalue weighted by Gasteiger charge is -1.94. The third-order valence-electron chi connectivity index (χ3n) is 1.60. The number of nitrogens with zero attached hydrogens (tertiary/aromatic N) is 1. The third kappa shape index (κ3) is 2.34. The zero-order chi connectivity index (χ0) is 8.97. The first kappa shape index (κ1) is 8.72. The summed E-state index contributed by atoms with van der Waals surface area (Å²) in [5, 5.41) is 2.82. The molecule has 0 aliphatic heterocycles. The van der Waals surface area contributed by atoms with Crippen LogP contribution in [0.25, 0.3) is 6.08 Å². The van der Waals surface area contributed by atoms with E-state index in [0.717, 1.165) is 5.56 Å². The average molecular weight is 159 g/mol. The van der Waals surface area contributed by atoms with Gasteiger partial charge in [0.25, 0.3) is 0 Å². The van der Waals surface area contributed by atoms with Gasteiger partial charge in [0.05, 0.1) is 5.70 Å². The SMILES string of the molecule is Bc1ccc(C=C(C)N=O)cc1. The number of nitroso groups, excluding NO2 is 1. The molecule has 0 saturated carbocycles. The first-order valence-corrected chi connectivity index (χ1v) is 3.80. The van der Waals surface area contributed by atoms with Crippen molar-refractivity contribution in [1.82, 2.24) is 0 Å². The molecular weight excluding hydrogens is 149 g/mol. The summed E-state index contributed by atoms with van der Waals surface area (Å²) in [6.07, 6.45) is 1.76. The van der Waals surface area contributed by atoms with Crippen LogP contribution in [0.4, 0.5) is 0 Å². The molecule has 0 atom stereocenters. The summed E-state index contributed by atoms with van der Waals surface area (Å²) in [5.41, 5.74) is 2.72. The average Bonchev–Trinajstić information content (AvgIpc) is 2.09. The molecular formula is C9H10BNO. The highest BCUT2D eigenvalue weighted by Crippen LogP contribution is 2.04. The first-order chi connectivity index (χ1) is 5.72. The summed E-state index contributed by atoms with van der Waals surface area (Å²) in [4.78, 5) is 10.1. The maximum atomic E-state index is 10.1. The Labute approximate surface area is 72.7 Å². The molecule has 0 unspecified atom stereocenters. The van der Waals surface area contributed by atoms with Crippen molar-refractivity contribution in [3.8, 4) is 0 Å². The summed E-state index contributed by atoms with van der Waals surface area (Å²) in [6.45, 7) is 1.69. The molecule has 0 saturated heterocycles. The van der Waals surface area contributed by atoms with Gasteiger partial charge in [0.1, 0.15) is 7.85 Å². The molecule has 0 N–H and O–H groups in total. The number of hydrogen-bond acceptors (Lipinski definition) is 2. The van der Waals surface area contributed by atoms with Crippen LogP contribution in [0.2, 0.25) is 0 Å². The molecule has 1 rings (SSSR count). The second-order valence-corrected chi connectivity index (χ2v) is 2.79. The van der Waals surface area contributed by atoms with Gasteiger partial charge in [0.2, 0.25) is 0 Å². The van der Waals surface area contributed by atoms with E-state index in [4.69, 9.17) is 0 Å². The van der Waals surface area contributed by atoms with Gasteiger partial charge in [-0.1, -0.05) is 29.7 Å². The van der Waals surface area contributed by atoms with Crippen molar-refractivity contribution in [2.45, 2.75) is 6.92 Å². The predicted octanol–water partition coefficient (Wildman–Crippen LogP) is 1.07. The minimum absolute atomic E-state index is 0.499. The summed E-state index contributed by atoms with van der Waals surface area (Å²) >= 11 is 0. The standard InChI is InChI=1S/C9H10BNO/c1-7(11-12)6-8-2-4-9(10)5-3-8/h2-6H,10H2,1H3. The molecule has 60 valence electrons. The van der Waals surface area contributed by atoms with Crippen LogP contribution in [0.15, 0.2) is 35.1 Å². The largest absolute Gasteiger partial charge is 0.145 e. The summed E-state index contributed by atoms with van der Waals surface area (Å²) in [7, 11) is 2.03. The molecule has 2 nitrogen and oxygen atoms in total. The van der Waals surface area contributed by atoms with Crippen molar-refractivity contribution in [3.63, 3.8) is 0 Å². The monoisotopic (exact) mass is 159 g/mol. The highest BCUT2D eigenvalue weighted by atomic mass is 16.3. The van der Waals surface area contributed by atoms with Crippen LogP contribution in [0.5, 0.6) is 0 Å². The molecule has 0 spiro atoms. The lowest BCUT2D eigenvalue weighted by atomic mass is 9.95. The molecule has 0 aliphatic rings. The van der Waals surface area contributed by atoms with Gasteiger partial charge in [-0.05, 0) is 23.7 Å². The predicted molar refractivity (Wildman–Crippen MR) is 54.1 cm³/mol. The second kappa shape index (κ2) is 3.86. The van der Waals surface area contributed by atoms with Crippen molar-refractivity contribution in [2.75, 3.05) is 0 Å². The Hall–Kier alpha value is -1.38. The fraction of sp³-hybridized carbons (Fsp3) is 0.111. The van der Waals surface area contributed by atoms with Crippen LogP contribution in [-0.4, -0.2) is 7.85 Å². The third-order valence-corrected chi connectivity index (χ3v) is 1.60. The molecule has 12 heavy (non-hydrogen) atoms. The fourth-order valence-electron chi connectivity index (χ4n) is 0.930. The topological polar surface area (TPSA) is 29.4 Å².